The number of benzene rings is 1. The van der Waals surface area contributed by atoms with Crippen molar-refractivity contribution >= 4 is 0 Å². The summed E-state index contributed by atoms with van der Waals surface area (Å²) in [5, 5.41) is 3.57. The largest absolute Gasteiger partial charge is 0.312 e. The third kappa shape index (κ3) is 3.40. The van der Waals surface area contributed by atoms with Crippen molar-refractivity contribution in [2.45, 2.75) is 32.4 Å². The molecule has 0 bridgehead atoms. The maximum absolute atomic E-state index is 3.57. The Bertz CT molecular complexity index is 444. The third-order valence-corrected chi connectivity index (χ3v) is 4.58. The van der Waals surface area contributed by atoms with Gasteiger partial charge in [-0.25, -0.2) is 0 Å². The second-order valence-electron chi connectivity index (χ2n) is 6.29. The molecule has 0 amide bonds. The number of aryl methyl sites for hydroxylation is 2. The van der Waals surface area contributed by atoms with Gasteiger partial charge in [0, 0.05) is 18.6 Å². The Morgan fingerprint density at radius 3 is 2.65 bits per heavy atom. The lowest BCUT2D eigenvalue weighted by Gasteiger charge is -2.35. The van der Waals surface area contributed by atoms with Crippen LogP contribution >= 0.6 is 0 Å². The lowest BCUT2D eigenvalue weighted by Crippen LogP contribution is -2.46. The van der Waals surface area contributed by atoms with Gasteiger partial charge in [-0.05, 0) is 65.6 Å². The molecule has 3 nitrogen and oxygen atoms in total. The van der Waals surface area contributed by atoms with Crippen LogP contribution < -0.4 is 5.32 Å². The summed E-state index contributed by atoms with van der Waals surface area (Å²) >= 11 is 0. The molecule has 1 aliphatic rings. The van der Waals surface area contributed by atoms with Crippen LogP contribution in [0.1, 0.15) is 29.2 Å². The van der Waals surface area contributed by atoms with Gasteiger partial charge >= 0.3 is 0 Å². The summed E-state index contributed by atoms with van der Waals surface area (Å²) in [6, 6.07) is 7.70. The highest BCUT2D eigenvalue weighted by Crippen LogP contribution is 2.26. The van der Waals surface area contributed by atoms with Crippen molar-refractivity contribution in [1.82, 2.24) is 15.1 Å². The fraction of sp³-hybridized carbons (Fsp3) is 0.647. The molecule has 2 rings (SSSR count). The van der Waals surface area contributed by atoms with Gasteiger partial charge in [-0.1, -0.05) is 23.8 Å². The molecule has 2 atom stereocenters. The van der Waals surface area contributed by atoms with E-state index in [1.165, 1.54) is 36.2 Å². The van der Waals surface area contributed by atoms with E-state index in [9.17, 15) is 0 Å². The van der Waals surface area contributed by atoms with Crippen molar-refractivity contribution < 1.29 is 0 Å². The Hall–Kier alpha value is -0.900. The summed E-state index contributed by atoms with van der Waals surface area (Å²) < 4.78 is 0. The van der Waals surface area contributed by atoms with Gasteiger partial charge in [0.1, 0.15) is 0 Å². The molecule has 20 heavy (non-hydrogen) atoms. The Morgan fingerprint density at radius 2 is 1.95 bits per heavy atom. The molecule has 1 fully saturated rings. The summed E-state index contributed by atoms with van der Waals surface area (Å²) in [5.41, 5.74) is 4.17. The van der Waals surface area contributed by atoms with Crippen LogP contribution in [0.25, 0.3) is 0 Å². The van der Waals surface area contributed by atoms with Gasteiger partial charge in [-0.2, -0.15) is 0 Å². The maximum Gasteiger partial charge on any atom is 0.0490 e. The molecule has 0 aromatic heterocycles. The highest BCUT2D eigenvalue weighted by molar-refractivity contribution is 5.34. The molecular weight excluding hydrogens is 246 g/mol. The second kappa shape index (κ2) is 6.70. The fourth-order valence-electron chi connectivity index (χ4n) is 3.32. The molecule has 0 radical (unpaired) electrons. The van der Waals surface area contributed by atoms with Gasteiger partial charge in [0.25, 0.3) is 0 Å². The molecule has 1 heterocycles. The Labute approximate surface area is 124 Å². The van der Waals surface area contributed by atoms with E-state index in [4.69, 9.17) is 0 Å². The van der Waals surface area contributed by atoms with Gasteiger partial charge < -0.3 is 15.1 Å². The van der Waals surface area contributed by atoms with Crippen LogP contribution in [0.15, 0.2) is 18.2 Å². The number of likely N-dealkylation sites (N-methyl/N-ethyl adjacent to an activating group) is 3. The first-order valence-corrected chi connectivity index (χ1v) is 7.66. The summed E-state index contributed by atoms with van der Waals surface area (Å²) in [7, 11) is 6.59. The average Bonchev–Trinajstić information content (AvgIpc) is 2.57. The minimum absolute atomic E-state index is 0.389. The van der Waals surface area contributed by atoms with Crippen LogP contribution in [0.5, 0.6) is 0 Å². The zero-order valence-electron chi connectivity index (χ0n) is 13.6. The Kier molecular flexibility index (Phi) is 5.19. The highest BCUT2D eigenvalue weighted by atomic mass is 15.2. The zero-order valence-corrected chi connectivity index (χ0v) is 13.6. The van der Waals surface area contributed by atoms with E-state index in [2.05, 4.69) is 68.3 Å². The number of hydrogen-bond donors (Lipinski definition) is 1. The summed E-state index contributed by atoms with van der Waals surface area (Å²) in [6.07, 6.45) is 1.26. The monoisotopic (exact) mass is 275 g/mol. The summed E-state index contributed by atoms with van der Waals surface area (Å²) in [5.74, 6) is 0. The predicted octanol–water partition coefficient (Wildman–Crippen LogP) is 2.20. The number of nitrogens with one attached hydrogen (secondary N) is 1. The van der Waals surface area contributed by atoms with E-state index in [0.29, 0.717) is 12.1 Å². The van der Waals surface area contributed by atoms with E-state index in [1.54, 1.807) is 0 Å². The second-order valence-corrected chi connectivity index (χ2v) is 6.29. The molecule has 1 N–H and O–H groups in total. The van der Waals surface area contributed by atoms with E-state index >= 15 is 0 Å². The van der Waals surface area contributed by atoms with Crippen LogP contribution in [0.4, 0.5) is 0 Å². The summed E-state index contributed by atoms with van der Waals surface area (Å²) in [6.45, 7) is 7.90. The third-order valence-electron chi connectivity index (χ3n) is 4.58. The highest BCUT2D eigenvalue weighted by Gasteiger charge is 2.29. The SMILES string of the molecule is CNC(c1cc(C)ccc1C)C1CN(C)CCCN1C. The lowest BCUT2D eigenvalue weighted by molar-refractivity contribution is 0.182. The van der Waals surface area contributed by atoms with Crippen LogP contribution in [-0.4, -0.2) is 56.6 Å². The minimum Gasteiger partial charge on any atom is -0.312 e. The first kappa shape index (κ1) is 15.5. The van der Waals surface area contributed by atoms with Crippen LogP contribution in [-0.2, 0) is 0 Å². The smallest absolute Gasteiger partial charge is 0.0490 e. The van der Waals surface area contributed by atoms with E-state index in [-0.39, 0.29) is 0 Å². The van der Waals surface area contributed by atoms with E-state index in [1.807, 2.05) is 0 Å². The molecule has 1 aliphatic heterocycles. The van der Waals surface area contributed by atoms with Crippen LogP contribution in [0.2, 0.25) is 0 Å². The number of nitrogens with zero attached hydrogens (tertiary/aromatic N) is 2. The van der Waals surface area contributed by atoms with Crippen molar-refractivity contribution in [3.63, 3.8) is 0 Å². The number of hydrogen-bond acceptors (Lipinski definition) is 3. The van der Waals surface area contributed by atoms with Crippen molar-refractivity contribution in [2.75, 3.05) is 40.8 Å². The first-order chi connectivity index (χ1) is 9.52. The number of rotatable bonds is 3. The van der Waals surface area contributed by atoms with Gasteiger partial charge in [0.15, 0.2) is 0 Å². The minimum atomic E-state index is 0.389. The molecule has 1 aromatic carbocycles. The zero-order chi connectivity index (χ0) is 14.7. The van der Waals surface area contributed by atoms with Gasteiger partial charge in [0.05, 0.1) is 0 Å². The summed E-state index contributed by atoms with van der Waals surface area (Å²) in [4.78, 5) is 4.98. The van der Waals surface area contributed by atoms with Gasteiger partial charge in [-0.15, -0.1) is 0 Å². The van der Waals surface area contributed by atoms with Crippen molar-refractivity contribution in [3.05, 3.63) is 34.9 Å². The molecule has 0 aliphatic carbocycles. The molecule has 3 heteroatoms. The Morgan fingerprint density at radius 1 is 1.20 bits per heavy atom. The van der Waals surface area contributed by atoms with Crippen molar-refractivity contribution in [1.29, 1.82) is 0 Å². The molecule has 2 unspecified atom stereocenters. The van der Waals surface area contributed by atoms with E-state index in [0.717, 1.165) is 6.54 Å². The van der Waals surface area contributed by atoms with Crippen molar-refractivity contribution in [2.24, 2.45) is 0 Å². The molecule has 0 spiro atoms. The molecular formula is C17H29N3. The topological polar surface area (TPSA) is 18.5 Å². The van der Waals surface area contributed by atoms with Crippen molar-refractivity contribution in [3.8, 4) is 0 Å². The lowest BCUT2D eigenvalue weighted by atomic mass is 9.93. The van der Waals surface area contributed by atoms with Gasteiger partial charge in [0.2, 0.25) is 0 Å². The molecule has 112 valence electrons. The maximum atomic E-state index is 3.57. The van der Waals surface area contributed by atoms with Crippen LogP contribution in [0, 0.1) is 13.8 Å². The molecule has 1 saturated heterocycles. The standard InChI is InChI=1S/C17H29N3/c1-13-7-8-14(2)15(11-13)17(18-3)16-12-19(4)9-6-10-20(16)5/h7-8,11,16-18H,6,9-10,12H2,1-5H3. The van der Waals surface area contributed by atoms with E-state index < -0.39 is 0 Å². The predicted molar refractivity (Wildman–Crippen MR) is 86.2 cm³/mol. The molecule has 1 aromatic rings. The van der Waals surface area contributed by atoms with Gasteiger partial charge in [-0.3, -0.25) is 0 Å². The quantitative estimate of drug-likeness (QED) is 0.912. The molecule has 0 saturated carbocycles. The fourth-order valence-corrected chi connectivity index (χ4v) is 3.32. The average molecular weight is 275 g/mol. The Balaban J connectivity index is 2.32. The van der Waals surface area contributed by atoms with Crippen LogP contribution in [0.3, 0.4) is 0 Å². The first-order valence-electron chi connectivity index (χ1n) is 7.66. The normalized spacial score (nSPS) is 23.6.